The Morgan fingerprint density at radius 3 is 2.09 bits per heavy atom. The van der Waals surface area contributed by atoms with Gasteiger partial charge in [0, 0.05) is 24.3 Å². The van der Waals surface area contributed by atoms with Gasteiger partial charge in [0.2, 0.25) is 5.75 Å². The average molecular weight is 928 g/mol. The number of hydrogen-bond donors (Lipinski definition) is 2. The van der Waals surface area contributed by atoms with E-state index in [1.54, 1.807) is 20.3 Å². The van der Waals surface area contributed by atoms with E-state index >= 15 is 0 Å². The Bertz CT molecular complexity index is 2460. The van der Waals surface area contributed by atoms with Crippen molar-refractivity contribution in [1.82, 2.24) is 14.2 Å². The van der Waals surface area contributed by atoms with Crippen molar-refractivity contribution in [2.24, 2.45) is 0 Å². The fourth-order valence-electron chi connectivity index (χ4n) is 7.78. The normalized spacial score (nSPS) is 17.8. The third-order valence-electron chi connectivity index (χ3n) is 10.8. The van der Waals surface area contributed by atoms with E-state index in [9.17, 15) is 24.8 Å². The van der Waals surface area contributed by atoms with Gasteiger partial charge in [-0.2, -0.15) is 5.26 Å². The van der Waals surface area contributed by atoms with Gasteiger partial charge >= 0.3 is 19.9 Å². The SMILES string of the molecule is COc1ccc(C(OC[C@@H]2O[C@H](n3ccc(=O)[nH]c3=O)[C@@H](OCOCc3cccc(OP(OCCC#N)N(C(C)C)C(C)C)c3[N+](=O)[O-])[C@H]2O)(c2ccccc2)c2ccc(OC)cc2)cc1. The minimum Gasteiger partial charge on any atom is -0.497 e. The molecule has 350 valence electrons. The number of aromatic amines is 1. The van der Waals surface area contributed by atoms with Crippen molar-refractivity contribution in [3.05, 3.63) is 163 Å². The van der Waals surface area contributed by atoms with E-state index in [-0.39, 0.29) is 55.3 Å². The molecule has 0 bridgehead atoms. The summed E-state index contributed by atoms with van der Waals surface area (Å²) in [5, 5.41) is 33.7. The van der Waals surface area contributed by atoms with Gasteiger partial charge in [-0.3, -0.25) is 24.5 Å². The number of hydrogen-bond acceptors (Lipinski definition) is 15. The number of rotatable bonds is 23. The molecule has 5 aromatic rings. The zero-order valence-corrected chi connectivity index (χ0v) is 38.4. The number of H-pyrrole nitrogens is 1. The Labute approximate surface area is 383 Å². The van der Waals surface area contributed by atoms with Crippen molar-refractivity contribution >= 4 is 14.2 Å². The lowest BCUT2D eigenvalue weighted by Crippen LogP contribution is -2.41. The summed E-state index contributed by atoms with van der Waals surface area (Å²) < 4.78 is 51.5. The second-order valence-electron chi connectivity index (χ2n) is 15.6. The number of nitro benzene ring substituents is 1. The fourth-order valence-corrected chi connectivity index (χ4v) is 9.38. The Hall–Kier alpha value is -6.00. The monoisotopic (exact) mass is 927 g/mol. The third-order valence-corrected chi connectivity index (χ3v) is 12.8. The Kier molecular flexibility index (Phi) is 17.2. The summed E-state index contributed by atoms with van der Waals surface area (Å²) in [5.74, 6) is 1.21. The van der Waals surface area contributed by atoms with E-state index in [1.807, 2.05) is 117 Å². The number of nitro groups is 1. The topological polar surface area (TPSA) is 219 Å². The number of nitriles is 1. The summed E-state index contributed by atoms with van der Waals surface area (Å²) in [7, 11) is 1.29. The van der Waals surface area contributed by atoms with E-state index < -0.39 is 61.6 Å². The number of benzene rings is 4. The van der Waals surface area contributed by atoms with E-state index in [1.165, 1.54) is 18.3 Å². The maximum Gasteiger partial charge on any atom is 0.330 e. The number of ether oxygens (including phenoxy) is 6. The van der Waals surface area contributed by atoms with Gasteiger partial charge in [-0.25, -0.2) is 9.46 Å². The van der Waals surface area contributed by atoms with Gasteiger partial charge in [-0.1, -0.05) is 60.7 Å². The van der Waals surface area contributed by atoms with E-state index in [2.05, 4.69) is 4.98 Å². The predicted molar refractivity (Wildman–Crippen MR) is 243 cm³/mol. The lowest BCUT2D eigenvalue weighted by molar-refractivity contribution is -0.386. The van der Waals surface area contributed by atoms with Gasteiger partial charge in [-0.15, -0.1) is 0 Å². The zero-order valence-electron chi connectivity index (χ0n) is 37.5. The van der Waals surface area contributed by atoms with E-state index in [0.717, 1.165) is 27.3 Å². The molecular weight excluding hydrogens is 874 g/mol. The number of nitrogens with zero attached hydrogens (tertiary/aromatic N) is 4. The summed E-state index contributed by atoms with van der Waals surface area (Å²) in [6.45, 7) is 6.81. The molecule has 0 amide bonds. The highest BCUT2D eigenvalue weighted by molar-refractivity contribution is 7.45. The van der Waals surface area contributed by atoms with Crippen LogP contribution in [0.25, 0.3) is 0 Å². The fraction of sp³-hybridized carbons (Fsp3) is 0.383. The van der Waals surface area contributed by atoms with Crippen LogP contribution in [0, 0.1) is 21.4 Å². The first-order valence-electron chi connectivity index (χ1n) is 21.2. The van der Waals surface area contributed by atoms with Crippen molar-refractivity contribution in [3.8, 4) is 23.3 Å². The summed E-state index contributed by atoms with van der Waals surface area (Å²) in [5.41, 5.74) is -0.723. The first-order chi connectivity index (χ1) is 31.8. The number of aliphatic hydroxyl groups excluding tert-OH is 1. The largest absolute Gasteiger partial charge is 0.497 e. The Morgan fingerprint density at radius 1 is 0.909 bits per heavy atom. The first kappa shape index (κ1) is 49.4. The highest BCUT2D eigenvalue weighted by Gasteiger charge is 2.48. The molecule has 6 rings (SSSR count). The van der Waals surface area contributed by atoms with Crippen molar-refractivity contribution in [1.29, 1.82) is 5.26 Å². The quantitative estimate of drug-likeness (QED) is 0.0169. The van der Waals surface area contributed by atoms with Crippen LogP contribution < -0.4 is 25.2 Å². The molecule has 5 atom stereocenters. The lowest BCUT2D eigenvalue weighted by atomic mass is 9.80. The van der Waals surface area contributed by atoms with Crippen LogP contribution in [0.4, 0.5) is 5.69 Å². The molecule has 66 heavy (non-hydrogen) atoms. The molecule has 19 heteroatoms. The Morgan fingerprint density at radius 2 is 1.53 bits per heavy atom. The summed E-state index contributed by atoms with van der Waals surface area (Å²) >= 11 is 0. The molecule has 1 aromatic heterocycles. The summed E-state index contributed by atoms with van der Waals surface area (Å²) in [6.07, 6.45) is -3.77. The first-order valence-corrected chi connectivity index (χ1v) is 22.3. The molecule has 1 unspecified atom stereocenters. The molecule has 0 spiro atoms. The molecule has 0 saturated carbocycles. The average Bonchev–Trinajstić information content (AvgIpc) is 3.61. The summed E-state index contributed by atoms with van der Waals surface area (Å²) in [6, 6.07) is 32.0. The van der Waals surface area contributed by atoms with Gasteiger partial charge in [-0.05, 0) is 80.8 Å². The molecule has 18 nitrogen and oxygen atoms in total. The molecule has 0 aliphatic carbocycles. The molecule has 1 fully saturated rings. The van der Waals surface area contributed by atoms with Gasteiger partial charge < -0.3 is 42.6 Å². The van der Waals surface area contributed by atoms with Crippen molar-refractivity contribution in [3.63, 3.8) is 0 Å². The summed E-state index contributed by atoms with van der Waals surface area (Å²) in [4.78, 5) is 39.5. The van der Waals surface area contributed by atoms with E-state index in [0.29, 0.717) is 11.5 Å². The molecule has 4 aromatic carbocycles. The van der Waals surface area contributed by atoms with Crippen LogP contribution in [-0.4, -0.2) is 88.9 Å². The van der Waals surface area contributed by atoms with Gasteiger partial charge in [0.15, 0.2) is 6.23 Å². The maximum absolute atomic E-state index is 13.2. The van der Waals surface area contributed by atoms with Crippen molar-refractivity contribution in [2.45, 2.75) is 82.9 Å². The number of aromatic nitrogens is 2. The maximum atomic E-state index is 13.2. The molecule has 1 aliphatic rings. The molecule has 1 aliphatic heterocycles. The van der Waals surface area contributed by atoms with Crippen LogP contribution in [0.5, 0.6) is 17.2 Å². The molecule has 1 saturated heterocycles. The molecule has 2 heterocycles. The van der Waals surface area contributed by atoms with Crippen LogP contribution in [0.15, 0.2) is 119 Å². The predicted octanol–water partition coefficient (Wildman–Crippen LogP) is 6.94. The zero-order chi connectivity index (χ0) is 47.4. The lowest BCUT2D eigenvalue weighted by Gasteiger charge is -2.37. The molecule has 0 radical (unpaired) electrons. The van der Waals surface area contributed by atoms with Crippen LogP contribution in [-0.2, 0) is 35.7 Å². The standard InChI is InChI=1S/C47H54N5O13P/c1-31(2)51(32(3)4)66(63-27-11-25-48)65-39-15-10-12-33(42(39)52(56)57)28-60-30-61-44-43(54)40(64-45(44)50-26-24-41(53)49-46(50)55)29-62-47(34-13-8-7-9-14-34,35-16-20-37(58-5)21-17-35)36-18-22-38(59-6)23-19-36/h7-10,12-24,26,31-32,40,43-45,54H,11,27-30H2,1-6H3,(H,49,53,55)/t40-,43-,44-,45-,66?/m0/s1. The van der Waals surface area contributed by atoms with Gasteiger partial charge in [0.05, 0.1) is 57.0 Å². The number of aliphatic hydroxyl groups is 1. The number of para-hydroxylation sites is 1. The smallest absolute Gasteiger partial charge is 0.330 e. The van der Waals surface area contributed by atoms with Crippen LogP contribution in [0.3, 0.4) is 0 Å². The van der Waals surface area contributed by atoms with Crippen LogP contribution >= 0.6 is 8.53 Å². The highest BCUT2D eigenvalue weighted by atomic mass is 31.2. The van der Waals surface area contributed by atoms with Crippen molar-refractivity contribution in [2.75, 3.05) is 34.2 Å². The van der Waals surface area contributed by atoms with Gasteiger partial charge in [0.25, 0.3) is 5.56 Å². The minimum atomic E-state index is -1.86. The number of nitrogens with one attached hydrogen (secondary N) is 1. The second-order valence-corrected chi connectivity index (χ2v) is 17.0. The van der Waals surface area contributed by atoms with Crippen molar-refractivity contribution < 1.29 is 47.5 Å². The van der Waals surface area contributed by atoms with E-state index in [4.69, 9.17) is 42.7 Å². The minimum absolute atomic E-state index is 0.0489. The van der Waals surface area contributed by atoms with Crippen LogP contribution in [0.2, 0.25) is 0 Å². The van der Waals surface area contributed by atoms with Crippen LogP contribution in [0.1, 0.15) is 62.6 Å². The number of methoxy groups -OCH3 is 2. The highest BCUT2D eigenvalue weighted by Crippen LogP contribution is 2.49. The third kappa shape index (κ3) is 11.3. The second kappa shape index (κ2) is 22.9. The van der Waals surface area contributed by atoms with Gasteiger partial charge in [0.1, 0.15) is 42.2 Å². The Balaban J connectivity index is 1.27. The molecular formula is C47H54N5O13P. The molecule has 2 N–H and O–H groups in total.